The van der Waals surface area contributed by atoms with Gasteiger partial charge in [-0.15, -0.1) is 0 Å². The zero-order chi connectivity index (χ0) is 22.7. The summed E-state index contributed by atoms with van der Waals surface area (Å²) in [5.41, 5.74) is 1.18. The smallest absolute Gasteiger partial charge is 0.228 e. The van der Waals surface area contributed by atoms with Gasteiger partial charge in [-0.2, -0.15) is 0 Å². The van der Waals surface area contributed by atoms with Crippen molar-refractivity contribution in [2.45, 2.75) is 68.6 Å². The van der Waals surface area contributed by atoms with Crippen LogP contribution in [0.2, 0.25) is 0 Å². The third-order valence-electron chi connectivity index (χ3n) is 6.28. The fourth-order valence-electron chi connectivity index (χ4n) is 4.41. The summed E-state index contributed by atoms with van der Waals surface area (Å²) in [6.07, 6.45) is 7.58. The fraction of sp³-hybridized carbons (Fsp3) is 0.565. The molecule has 2 aliphatic rings. The molecule has 7 nitrogen and oxygen atoms in total. The van der Waals surface area contributed by atoms with Crippen LogP contribution in [0.1, 0.15) is 49.8 Å². The number of methoxy groups -OCH3 is 1. The van der Waals surface area contributed by atoms with Crippen molar-refractivity contribution in [2.24, 2.45) is 5.92 Å². The number of ether oxygens (including phenoxy) is 1. The number of carbonyl (C=O) groups is 1. The molecule has 0 aliphatic heterocycles. The van der Waals surface area contributed by atoms with Gasteiger partial charge in [0, 0.05) is 25.6 Å². The number of rotatable bonds is 10. The van der Waals surface area contributed by atoms with Crippen molar-refractivity contribution in [3.63, 3.8) is 0 Å². The van der Waals surface area contributed by atoms with Gasteiger partial charge in [-0.1, -0.05) is 25.0 Å². The van der Waals surface area contributed by atoms with Crippen LogP contribution in [0.4, 0.5) is 4.39 Å². The van der Waals surface area contributed by atoms with Crippen molar-refractivity contribution in [3.8, 4) is 0 Å². The molecular weight excluding hydrogens is 433 g/mol. The van der Waals surface area contributed by atoms with Gasteiger partial charge in [0.25, 0.3) is 0 Å². The molecule has 2 aromatic rings. The van der Waals surface area contributed by atoms with Gasteiger partial charge in [-0.3, -0.25) is 4.79 Å². The molecule has 1 aromatic heterocycles. The quantitative estimate of drug-likeness (QED) is 0.540. The number of benzene rings is 1. The lowest BCUT2D eigenvalue weighted by atomic mass is 10.1. The van der Waals surface area contributed by atoms with E-state index in [0.717, 1.165) is 38.5 Å². The van der Waals surface area contributed by atoms with Gasteiger partial charge < -0.3 is 14.2 Å². The first-order valence-corrected chi connectivity index (χ1v) is 12.9. The molecule has 2 aliphatic carbocycles. The molecule has 4 rings (SSSR count). The average Bonchev–Trinajstić information content (AvgIpc) is 3.29. The molecule has 32 heavy (non-hydrogen) atoms. The number of nitrogens with zero attached hydrogens (tertiary/aromatic N) is 3. The van der Waals surface area contributed by atoms with Crippen molar-refractivity contribution in [2.75, 3.05) is 13.7 Å². The van der Waals surface area contributed by atoms with Crippen LogP contribution in [0.5, 0.6) is 0 Å². The van der Waals surface area contributed by atoms with Crippen molar-refractivity contribution in [1.82, 2.24) is 14.5 Å². The Labute approximate surface area is 188 Å². The Morgan fingerprint density at radius 3 is 2.50 bits per heavy atom. The number of hydrogen-bond acceptors (Lipinski definition) is 5. The van der Waals surface area contributed by atoms with Crippen LogP contribution in [0.15, 0.2) is 35.6 Å². The molecule has 0 unspecified atom stereocenters. The fourth-order valence-corrected chi connectivity index (χ4v) is 5.93. The van der Waals surface area contributed by atoms with Crippen molar-refractivity contribution < 1.29 is 22.3 Å². The van der Waals surface area contributed by atoms with Gasteiger partial charge in [-0.05, 0) is 43.4 Å². The molecule has 1 aromatic carbocycles. The molecule has 2 fully saturated rings. The van der Waals surface area contributed by atoms with E-state index in [4.69, 9.17) is 4.74 Å². The Bertz CT molecular complexity index is 1040. The summed E-state index contributed by atoms with van der Waals surface area (Å²) >= 11 is 0. The molecule has 174 valence electrons. The molecule has 0 N–H and O–H groups in total. The Balaban J connectivity index is 1.59. The number of aromatic nitrogens is 2. The SMILES string of the molecule is COCCn1c(CN(C(=O)C2CCCC2)C2CC2)cnc1S(=O)(=O)Cc1ccc(F)cc1. The standard InChI is InChI=1S/C23H30FN3O4S/c1-31-13-12-26-21(15-27(20-10-11-20)22(28)18-4-2-3-5-18)14-25-23(26)32(29,30)16-17-6-8-19(24)9-7-17/h6-9,14,18,20H,2-5,10-13,15-16H2,1H3. The third kappa shape index (κ3) is 5.20. The van der Waals surface area contributed by atoms with Gasteiger partial charge in [-0.25, -0.2) is 17.8 Å². The maximum absolute atomic E-state index is 13.2. The minimum Gasteiger partial charge on any atom is -0.383 e. The number of halogens is 1. The zero-order valence-electron chi connectivity index (χ0n) is 18.4. The van der Waals surface area contributed by atoms with Gasteiger partial charge in [0.15, 0.2) is 0 Å². The summed E-state index contributed by atoms with van der Waals surface area (Å²) in [4.78, 5) is 19.3. The van der Waals surface area contributed by atoms with Gasteiger partial charge in [0.05, 0.1) is 30.8 Å². The molecule has 1 amide bonds. The number of amides is 1. The third-order valence-corrected chi connectivity index (χ3v) is 7.87. The van der Waals surface area contributed by atoms with Crippen LogP contribution in [0.25, 0.3) is 0 Å². The van der Waals surface area contributed by atoms with E-state index in [2.05, 4.69) is 4.98 Å². The monoisotopic (exact) mass is 463 g/mol. The molecule has 0 atom stereocenters. The Morgan fingerprint density at radius 2 is 1.88 bits per heavy atom. The van der Waals surface area contributed by atoms with Crippen LogP contribution < -0.4 is 0 Å². The second-order valence-electron chi connectivity index (χ2n) is 8.74. The zero-order valence-corrected chi connectivity index (χ0v) is 19.2. The molecular formula is C23H30FN3O4S. The summed E-state index contributed by atoms with van der Waals surface area (Å²) in [6.45, 7) is 0.991. The van der Waals surface area contributed by atoms with Crippen LogP contribution >= 0.6 is 0 Å². The second kappa shape index (κ2) is 9.70. The highest BCUT2D eigenvalue weighted by Gasteiger charge is 2.37. The maximum Gasteiger partial charge on any atom is 0.228 e. The molecule has 9 heteroatoms. The minimum absolute atomic E-state index is 0.0436. The maximum atomic E-state index is 13.2. The van der Waals surface area contributed by atoms with Crippen molar-refractivity contribution in [3.05, 3.63) is 47.5 Å². The predicted molar refractivity (Wildman–Crippen MR) is 117 cm³/mol. The van der Waals surface area contributed by atoms with E-state index in [9.17, 15) is 17.6 Å². The molecule has 0 spiro atoms. The Kier molecular flexibility index (Phi) is 6.95. The summed E-state index contributed by atoms with van der Waals surface area (Å²) in [5.74, 6) is -0.431. The minimum atomic E-state index is -3.77. The highest BCUT2D eigenvalue weighted by atomic mass is 32.2. The van der Waals surface area contributed by atoms with E-state index in [1.165, 1.54) is 24.3 Å². The summed E-state index contributed by atoms with van der Waals surface area (Å²) < 4.78 is 46.4. The first-order chi connectivity index (χ1) is 15.4. The number of carbonyl (C=O) groups excluding carboxylic acids is 1. The highest BCUT2D eigenvalue weighted by Crippen LogP contribution is 2.34. The average molecular weight is 464 g/mol. The van der Waals surface area contributed by atoms with E-state index >= 15 is 0 Å². The van der Waals surface area contributed by atoms with Gasteiger partial charge in [0.2, 0.25) is 20.9 Å². The predicted octanol–water partition coefficient (Wildman–Crippen LogP) is 3.32. The molecule has 0 saturated heterocycles. The molecule has 2 saturated carbocycles. The van der Waals surface area contributed by atoms with Crippen molar-refractivity contribution >= 4 is 15.7 Å². The largest absolute Gasteiger partial charge is 0.383 e. The second-order valence-corrected chi connectivity index (χ2v) is 10.6. The van der Waals surface area contributed by atoms with E-state index in [1.54, 1.807) is 17.9 Å². The normalized spacial score (nSPS) is 17.1. The number of imidazole rings is 1. The Morgan fingerprint density at radius 1 is 1.19 bits per heavy atom. The lowest BCUT2D eigenvalue weighted by Gasteiger charge is -2.26. The van der Waals surface area contributed by atoms with Crippen LogP contribution in [-0.4, -0.2) is 48.5 Å². The van der Waals surface area contributed by atoms with E-state index in [1.807, 2.05) is 4.90 Å². The topological polar surface area (TPSA) is 81.5 Å². The van der Waals surface area contributed by atoms with E-state index in [0.29, 0.717) is 31.0 Å². The van der Waals surface area contributed by atoms with E-state index < -0.39 is 15.7 Å². The van der Waals surface area contributed by atoms with Crippen LogP contribution in [0, 0.1) is 11.7 Å². The first-order valence-electron chi connectivity index (χ1n) is 11.2. The van der Waals surface area contributed by atoms with Gasteiger partial charge >= 0.3 is 0 Å². The number of hydrogen-bond donors (Lipinski definition) is 0. The summed E-state index contributed by atoms with van der Waals surface area (Å²) in [5, 5.41) is -0.0436. The van der Waals surface area contributed by atoms with Crippen molar-refractivity contribution in [1.29, 1.82) is 0 Å². The Hall–Kier alpha value is -2.26. The first kappa shape index (κ1) is 22.9. The molecule has 0 radical (unpaired) electrons. The highest BCUT2D eigenvalue weighted by molar-refractivity contribution is 7.90. The van der Waals surface area contributed by atoms with E-state index in [-0.39, 0.29) is 28.8 Å². The van der Waals surface area contributed by atoms with Crippen LogP contribution in [0.3, 0.4) is 0 Å². The lowest BCUT2D eigenvalue weighted by molar-refractivity contribution is -0.136. The summed E-state index contributed by atoms with van der Waals surface area (Å²) in [7, 11) is -2.21. The lowest BCUT2D eigenvalue weighted by Crippen LogP contribution is -2.37. The van der Waals surface area contributed by atoms with Crippen LogP contribution in [-0.2, 0) is 38.2 Å². The number of sulfone groups is 1. The molecule has 1 heterocycles. The summed E-state index contributed by atoms with van der Waals surface area (Å²) in [6, 6.07) is 5.65. The molecule has 0 bridgehead atoms. The van der Waals surface area contributed by atoms with Gasteiger partial charge in [0.1, 0.15) is 5.82 Å².